The normalized spacial score (nSPS) is 11.7. The molecule has 0 saturated carbocycles. The average Bonchev–Trinajstić information content (AvgIpc) is 2.80. The van der Waals surface area contributed by atoms with Crippen molar-refractivity contribution >= 4 is 29.9 Å². The van der Waals surface area contributed by atoms with Gasteiger partial charge in [-0.3, -0.25) is 0 Å². The molecule has 32 heavy (non-hydrogen) atoms. The maximum Gasteiger partial charge on any atom is 0.407 e. The Hall–Kier alpha value is -2.69. The number of rotatable bonds is 9. The fourth-order valence-electron chi connectivity index (χ4n) is 3.48. The number of carboxylic acids is 1. The smallest absolute Gasteiger partial charge is 0.407 e. The van der Waals surface area contributed by atoms with E-state index in [1.165, 1.54) is 10.6 Å². The van der Waals surface area contributed by atoms with E-state index in [-0.39, 0.29) is 30.0 Å². The van der Waals surface area contributed by atoms with Crippen molar-refractivity contribution in [3.63, 3.8) is 0 Å². The molecule has 0 aliphatic rings. The summed E-state index contributed by atoms with van der Waals surface area (Å²) in [6, 6.07) is 28.7. The van der Waals surface area contributed by atoms with E-state index in [4.69, 9.17) is 4.74 Å². The van der Waals surface area contributed by atoms with E-state index in [1.807, 2.05) is 66.7 Å². The van der Waals surface area contributed by atoms with E-state index >= 15 is 0 Å². The van der Waals surface area contributed by atoms with Crippen LogP contribution in [0.15, 0.2) is 91.0 Å². The monoisotopic (exact) mass is 515 g/mol. The molecule has 0 radical (unpaired) electrons. The second kappa shape index (κ2) is 12.4. The van der Waals surface area contributed by atoms with Crippen LogP contribution in [0.1, 0.15) is 5.56 Å². The highest BCUT2D eigenvalue weighted by Crippen LogP contribution is 2.52. The predicted octanol–water partition coefficient (Wildman–Crippen LogP) is 0.711. The molecule has 0 aliphatic carbocycles. The Kier molecular flexibility index (Phi) is 9.89. The first-order valence-corrected chi connectivity index (χ1v) is 12.6. The van der Waals surface area contributed by atoms with Crippen LogP contribution in [0.25, 0.3) is 0 Å². The minimum Gasteiger partial charge on any atom is -1.00 e. The lowest BCUT2D eigenvalue weighted by molar-refractivity contribution is -0.139. The lowest BCUT2D eigenvalue weighted by Gasteiger charge is -2.23. The lowest BCUT2D eigenvalue weighted by Crippen LogP contribution is -3.00. The Balaban J connectivity index is 0.00000363. The molecule has 0 bridgehead atoms. The van der Waals surface area contributed by atoms with Gasteiger partial charge in [0.15, 0.2) is 0 Å². The van der Waals surface area contributed by atoms with Crippen LogP contribution < -0.4 is 32.9 Å². The van der Waals surface area contributed by atoms with Crippen LogP contribution in [0.2, 0.25) is 0 Å². The van der Waals surface area contributed by atoms with Gasteiger partial charge in [-0.1, -0.05) is 66.7 Å². The minimum absolute atomic E-state index is 0. The summed E-state index contributed by atoms with van der Waals surface area (Å²) in [5, 5.41) is 14.4. The Labute approximate surface area is 199 Å². The van der Waals surface area contributed by atoms with Crippen molar-refractivity contribution in [3.8, 4) is 0 Å². The molecule has 7 heteroatoms. The topological polar surface area (TPSA) is 75.6 Å². The molecule has 3 rings (SSSR count). The molecule has 1 atom stereocenters. The molecule has 0 aliphatic heterocycles. The van der Waals surface area contributed by atoms with E-state index < -0.39 is 25.4 Å². The van der Waals surface area contributed by atoms with Gasteiger partial charge < -0.3 is 32.1 Å². The second-order valence-corrected chi connectivity index (χ2v) is 11.3. The van der Waals surface area contributed by atoms with Crippen molar-refractivity contribution in [1.29, 1.82) is 0 Å². The van der Waals surface area contributed by atoms with Gasteiger partial charge in [0, 0.05) is 6.42 Å². The highest BCUT2D eigenvalue weighted by molar-refractivity contribution is 7.88. The number of hydrogen-bond acceptors (Lipinski definition) is 3. The number of carbonyl (C=O) groups excluding carboxylic acids is 1. The van der Waals surface area contributed by atoms with Gasteiger partial charge in [0.2, 0.25) is 0 Å². The standard InChI is InChI=1S/C25H26NO4P.BrH/c1-31(21-13-7-3-8-14-21,22-15-9-4-10-16-22)18-17-30-25(29)26-23(24(27)28)19-20-11-5-2-6-12-20;/h2-16,23H,17-19H2,1H3,(H-,26,27,28,29);1H. The van der Waals surface area contributed by atoms with E-state index in [0.717, 1.165) is 5.56 Å². The minimum atomic E-state index is -1.76. The van der Waals surface area contributed by atoms with E-state index in [2.05, 4.69) is 36.2 Å². The number of nitrogens with one attached hydrogen (secondary N) is 1. The van der Waals surface area contributed by atoms with Gasteiger partial charge in [0.25, 0.3) is 0 Å². The van der Waals surface area contributed by atoms with Gasteiger partial charge in [-0.15, -0.1) is 0 Å². The number of aliphatic carboxylic acids is 1. The zero-order valence-electron chi connectivity index (χ0n) is 17.9. The summed E-state index contributed by atoms with van der Waals surface area (Å²) >= 11 is 0. The number of carboxylic acid groups (broad SMARTS) is 1. The number of halogens is 1. The van der Waals surface area contributed by atoms with Crippen molar-refractivity contribution in [2.24, 2.45) is 0 Å². The van der Waals surface area contributed by atoms with Crippen LogP contribution in [0.5, 0.6) is 0 Å². The molecule has 0 fully saturated rings. The largest absolute Gasteiger partial charge is 1.00 e. The SMILES string of the molecule is C[P+](CCOC(=O)NC(Cc1ccccc1)C(=O)O)(c1ccccc1)c1ccccc1.[Br-]. The molecule has 0 spiro atoms. The molecular weight excluding hydrogens is 489 g/mol. The molecule has 1 unspecified atom stereocenters. The van der Waals surface area contributed by atoms with Gasteiger partial charge in [-0.2, -0.15) is 0 Å². The third-order valence-corrected chi connectivity index (χ3v) is 9.25. The van der Waals surface area contributed by atoms with Crippen molar-refractivity contribution < 1.29 is 36.4 Å². The van der Waals surface area contributed by atoms with Gasteiger partial charge >= 0.3 is 12.1 Å². The van der Waals surface area contributed by atoms with Crippen molar-refractivity contribution in [3.05, 3.63) is 96.6 Å². The maximum absolute atomic E-state index is 12.3. The number of carbonyl (C=O) groups is 2. The van der Waals surface area contributed by atoms with Crippen LogP contribution in [0, 0.1) is 0 Å². The summed E-state index contributed by atoms with van der Waals surface area (Å²) in [5.74, 6) is -1.09. The Morgan fingerprint density at radius 1 is 0.875 bits per heavy atom. The molecule has 168 valence electrons. The predicted molar refractivity (Wildman–Crippen MR) is 126 cm³/mol. The molecule has 2 N–H and O–H groups in total. The third-order valence-electron chi connectivity index (χ3n) is 5.30. The molecule has 0 saturated heterocycles. The summed E-state index contributed by atoms with van der Waals surface area (Å²) in [6.07, 6.45) is 0.158. The van der Waals surface area contributed by atoms with Crippen LogP contribution >= 0.6 is 7.26 Å². The summed E-state index contributed by atoms with van der Waals surface area (Å²) in [7, 11) is -1.76. The average molecular weight is 516 g/mol. The van der Waals surface area contributed by atoms with Crippen LogP contribution in [0.3, 0.4) is 0 Å². The van der Waals surface area contributed by atoms with Gasteiger partial charge in [-0.25, -0.2) is 9.59 Å². The van der Waals surface area contributed by atoms with Crippen LogP contribution in [0.4, 0.5) is 4.79 Å². The molecular formula is C25H27BrNO4P. The summed E-state index contributed by atoms with van der Waals surface area (Å²) < 4.78 is 5.41. The zero-order valence-corrected chi connectivity index (χ0v) is 20.3. The fraction of sp³-hybridized carbons (Fsp3) is 0.200. The summed E-state index contributed by atoms with van der Waals surface area (Å²) in [5.41, 5.74) is 0.835. The van der Waals surface area contributed by atoms with Crippen molar-refractivity contribution in [2.75, 3.05) is 19.4 Å². The highest BCUT2D eigenvalue weighted by Gasteiger charge is 2.37. The van der Waals surface area contributed by atoms with Gasteiger partial charge in [0.05, 0.1) is 24.5 Å². The van der Waals surface area contributed by atoms with E-state index in [9.17, 15) is 14.7 Å². The number of amides is 1. The van der Waals surface area contributed by atoms with Gasteiger partial charge in [-0.05, 0) is 29.8 Å². The molecule has 1 amide bonds. The number of benzene rings is 3. The molecule has 3 aromatic carbocycles. The first kappa shape index (κ1) is 25.6. The Morgan fingerprint density at radius 3 is 1.81 bits per heavy atom. The Bertz CT molecular complexity index is 947. The van der Waals surface area contributed by atoms with Crippen molar-refractivity contribution in [2.45, 2.75) is 12.5 Å². The first-order valence-electron chi connectivity index (χ1n) is 10.2. The lowest BCUT2D eigenvalue weighted by atomic mass is 10.1. The number of alkyl carbamates (subject to hydrolysis) is 1. The first-order chi connectivity index (χ1) is 15.0. The van der Waals surface area contributed by atoms with Crippen LogP contribution in [-0.4, -0.2) is 42.6 Å². The van der Waals surface area contributed by atoms with Crippen molar-refractivity contribution in [1.82, 2.24) is 5.32 Å². The Morgan fingerprint density at radius 2 is 1.34 bits per heavy atom. The van der Waals surface area contributed by atoms with E-state index in [0.29, 0.717) is 6.16 Å². The highest BCUT2D eigenvalue weighted by atomic mass is 79.9. The van der Waals surface area contributed by atoms with E-state index in [1.54, 1.807) is 0 Å². The van der Waals surface area contributed by atoms with Gasteiger partial charge in [0.1, 0.15) is 18.8 Å². The number of hydrogen-bond donors (Lipinski definition) is 2. The number of ether oxygens (including phenoxy) is 1. The molecule has 5 nitrogen and oxygen atoms in total. The second-order valence-electron chi connectivity index (χ2n) is 7.45. The molecule has 3 aromatic rings. The molecule has 0 heterocycles. The summed E-state index contributed by atoms with van der Waals surface area (Å²) in [4.78, 5) is 23.9. The van der Waals surface area contributed by atoms with Crippen LogP contribution in [-0.2, 0) is 16.0 Å². The molecule has 0 aromatic heterocycles. The summed E-state index contributed by atoms with van der Waals surface area (Å²) in [6.45, 7) is 2.44. The quantitative estimate of drug-likeness (QED) is 0.411. The third kappa shape index (κ3) is 6.91. The maximum atomic E-state index is 12.3. The fourth-order valence-corrected chi connectivity index (χ4v) is 6.41. The zero-order chi connectivity index (χ0) is 22.1.